The topological polar surface area (TPSA) is 65.7 Å². The van der Waals surface area contributed by atoms with Gasteiger partial charge in [-0.05, 0) is 11.6 Å². The van der Waals surface area contributed by atoms with Gasteiger partial charge in [-0.1, -0.05) is 18.2 Å². The molecule has 0 heterocycles. The van der Waals surface area contributed by atoms with E-state index in [1.807, 2.05) is 36.4 Å². The molecule has 5 heteroatoms. The number of para-hydroxylation sites is 1. The first-order valence-corrected chi connectivity index (χ1v) is 6.56. The molecule has 0 aliphatic heterocycles. The summed E-state index contributed by atoms with van der Waals surface area (Å²) in [5.74, 6) is 1.80. The summed E-state index contributed by atoms with van der Waals surface area (Å²) in [5, 5.41) is 3.31. The SMILES string of the molecule is COc1cc(NCc2ccccc2N)cc(OC)c1OC. The summed E-state index contributed by atoms with van der Waals surface area (Å²) < 4.78 is 15.9. The van der Waals surface area contributed by atoms with Crippen LogP contribution in [-0.4, -0.2) is 21.3 Å². The van der Waals surface area contributed by atoms with Gasteiger partial charge in [0, 0.05) is 30.1 Å². The van der Waals surface area contributed by atoms with Gasteiger partial charge >= 0.3 is 0 Å². The van der Waals surface area contributed by atoms with Crippen LogP contribution in [0.2, 0.25) is 0 Å². The molecule has 0 amide bonds. The maximum Gasteiger partial charge on any atom is 0.203 e. The fraction of sp³-hybridized carbons (Fsp3) is 0.250. The van der Waals surface area contributed by atoms with E-state index in [0.29, 0.717) is 23.8 Å². The van der Waals surface area contributed by atoms with Gasteiger partial charge in [-0.3, -0.25) is 0 Å². The molecule has 5 nitrogen and oxygen atoms in total. The van der Waals surface area contributed by atoms with Crippen LogP contribution in [0.5, 0.6) is 17.2 Å². The van der Waals surface area contributed by atoms with Crippen LogP contribution in [0, 0.1) is 0 Å². The largest absolute Gasteiger partial charge is 0.493 e. The molecule has 0 aliphatic rings. The van der Waals surface area contributed by atoms with Gasteiger partial charge in [0.15, 0.2) is 11.5 Å². The number of methoxy groups -OCH3 is 3. The average Bonchev–Trinajstić information content (AvgIpc) is 2.52. The second-order valence-corrected chi connectivity index (χ2v) is 4.47. The monoisotopic (exact) mass is 288 g/mol. The Labute approximate surface area is 124 Å². The van der Waals surface area contributed by atoms with Gasteiger partial charge in [0.1, 0.15) is 0 Å². The Morgan fingerprint density at radius 3 is 2.10 bits per heavy atom. The third-order valence-electron chi connectivity index (χ3n) is 3.20. The van der Waals surface area contributed by atoms with Crippen LogP contribution in [0.4, 0.5) is 11.4 Å². The maximum atomic E-state index is 5.93. The van der Waals surface area contributed by atoms with Crippen LogP contribution in [0.15, 0.2) is 36.4 Å². The van der Waals surface area contributed by atoms with Gasteiger partial charge in [0.2, 0.25) is 5.75 Å². The molecule has 0 bridgehead atoms. The Bertz CT molecular complexity index is 589. The number of rotatable bonds is 6. The Balaban J connectivity index is 2.22. The molecule has 0 unspecified atom stereocenters. The molecule has 0 spiro atoms. The van der Waals surface area contributed by atoms with E-state index in [0.717, 1.165) is 16.9 Å². The zero-order chi connectivity index (χ0) is 15.2. The van der Waals surface area contributed by atoms with Crippen LogP contribution >= 0.6 is 0 Å². The number of ether oxygens (including phenoxy) is 3. The third-order valence-corrected chi connectivity index (χ3v) is 3.20. The van der Waals surface area contributed by atoms with Crippen LogP contribution in [-0.2, 0) is 6.54 Å². The lowest BCUT2D eigenvalue weighted by Gasteiger charge is -2.15. The first-order chi connectivity index (χ1) is 10.2. The molecule has 112 valence electrons. The Morgan fingerprint density at radius 1 is 0.952 bits per heavy atom. The van der Waals surface area contributed by atoms with Crippen molar-refractivity contribution in [3.8, 4) is 17.2 Å². The van der Waals surface area contributed by atoms with Crippen molar-refractivity contribution in [3.05, 3.63) is 42.0 Å². The van der Waals surface area contributed by atoms with Crippen molar-refractivity contribution in [1.29, 1.82) is 0 Å². The molecular weight excluding hydrogens is 268 g/mol. The Kier molecular flexibility index (Phi) is 4.77. The molecule has 0 aromatic heterocycles. The molecule has 2 aromatic carbocycles. The maximum absolute atomic E-state index is 5.93. The minimum Gasteiger partial charge on any atom is -0.493 e. The average molecular weight is 288 g/mol. The van der Waals surface area contributed by atoms with E-state index in [1.54, 1.807) is 21.3 Å². The number of hydrogen-bond acceptors (Lipinski definition) is 5. The minimum atomic E-state index is 0.574. The van der Waals surface area contributed by atoms with E-state index in [2.05, 4.69) is 5.32 Å². The zero-order valence-electron chi connectivity index (χ0n) is 12.5. The molecule has 2 rings (SSSR count). The molecule has 2 aromatic rings. The zero-order valence-corrected chi connectivity index (χ0v) is 12.5. The van der Waals surface area contributed by atoms with Crippen LogP contribution in [0.1, 0.15) is 5.56 Å². The lowest BCUT2D eigenvalue weighted by atomic mass is 10.1. The first kappa shape index (κ1) is 14.8. The number of nitrogens with two attached hydrogens (primary N) is 1. The highest BCUT2D eigenvalue weighted by Crippen LogP contribution is 2.40. The fourth-order valence-corrected chi connectivity index (χ4v) is 2.08. The van der Waals surface area contributed by atoms with Crippen LogP contribution in [0.25, 0.3) is 0 Å². The lowest BCUT2D eigenvalue weighted by Crippen LogP contribution is -2.04. The van der Waals surface area contributed by atoms with E-state index in [9.17, 15) is 0 Å². The predicted molar refractivity (Wildman–Crippen MR) is 84.3 cm³/mol. The molecule has 0 fully saturated rings. The summed E-state index contributed by atoms with van der Waals surface area (Å²) in [5.41, 5.74) is 8.60. The normalized spacial score (nSPS) is 10.0. The van der Waals surface area contributed by atoms with Crippen molar-refractivity contribution in [2.45, 2.75) is 6.54 Å². The molecule has 0 radical (unpaired) electrons. The van der Waals surface area contributed by atoms with E-state index in [-0.39, 0.29) is 0 Å². The smallest absolute Gasteiger partial charge is 0.203 e. The second kappa shape index (κ2) is 6.74. The molecule has 3 N–H and O–H groups in total. The van der Waals surface area contributed by atoms with Crippen molar-refractivity contribution in [3.63, 3.8) is 0 Å². The Hall–Kier alpha value is -2.56. The van der Waals surface area contributed by atoms with Gasteiger partial charge < -0.3 is 25.3 Å². The summed E-state index contributed by atoms with van der Waals surface area (Å²) in [7, 11) is 4.77. The highest BCUT2D eigenvalue weighted by Gasteiger charge is 2.13. The molecule has 0 saturated carbocycles. The summed E-state index contributed by atoms with van der Waals surface area (Å²) >= 11 is 0. The Morgan fingerprint density at radius 2 is 1.57 bits per heavy atom. The van der Waals surface area contributed by atoms with Gasteiger partial charge in [0.05, 0.1) is 21.3 Å². The second-order valence-electron chi connectivity index (χ2n) is 4.47. The molecule has 0 aliphatic carbocycles. The van der Waals surface area contributed by atoms with Crippen LogP contribution < -0.4 is 25.3 Å². The van der Waals surface area contributed by atoms with Crippen molar-refractivity contribution in [2.24, 2.45) is 0 Å². The number of hydrogen-bond donors (Lipinski definition) is 2. The van der Waals surface area contributed by atoms with Crippen LogP contribution in [0.3, 0.4) is 0 Å². The quantitative estimate of drug-likeness (QED) is 0.800. The van der Waals surface area contributed by atoms with Crippen molar-refractivity contribution in [1.82, 2.24) is 0 Å². The molecule has 0 saturated heterocycles. The highest BCUT2D eigenvalue weighted by molar-refractivity contribution is 5.63. The summed E-state index contributed by atoms with van der Waals surface area (Å²) in [4.78, 5) is 0. The standard InChI is InChI=1S/C16H20N2O3/c1-19-14-8-12(9-15(20-2)16(14)21-3)18-10-11-6-4-5-7-13(11)17/h4-9,18H,10,17H2,1-3H3. The van der Waals surface area contributed by atoms with E-state index < -0.39 is 0 Å². The van der Waals surface area contributed by atoms with E-state index >= 15 is 0 Å². The van der Waals surface area contributed by atoms with Gasteiger partial charge in [-0.25, -0.2) is 0 Å². The molecule has 0 atom stereocenters. The molecular formula is C16H20N2O3. The van der Waals surface area contributed by atoms with Crippen molar-refractivity contribution in [2.75, 3.05) is 32.4 Å². The summed E-state index contributed by atoms with van der Waals surface area (Å²) in [6.07, 6.45) is 0. The summed E-state index contributed by atoms with van der Waals surface area (Å²) in [6.45, 7) is 0.616. The minimum absolute atomic E-state index is 0.574. The predicted octanol–water partition coefficient (Wildman–Crippen LogP) is 2.91. The number of nitrogens with one attached hydrogen (secondary N) is 1. The van der Waals surface area contributed by atoms with Gasteiger partial charge in [0.25, 0.3) is 0 Å². The van der Waals surface area contributed by atoms with Crippen molar-refractivity contribution >= 4 is 11.4 Å². The number of benzene rings is 2. The molecule has 21 heavy (non-hydrogen) atoms. The lowest BCUT2D eigenvalue weighted by molar-refractivity contribution is 0.324. The number of anilines is 2. The number of nitrogen functional groups attached to an aromatic ring is 1. The highest BCUT2D eigenvalue weighted by atomic mass is 16.5. The summed E-state index contributed by atoms with van der Waals surface area (Å²) in [6, 6.07) is 11.5. The fourth-order valence-electron chi connectivity index (χ4n) is 2.08. The third kappa shape index (κ3) is 3.31. The van der Waals surface area contributed by atoms with Gasteiger partial charge in [-0.2, -0.15) is 0 Å². The van der Waals surface area contributed by atoms with E-state index in [1.165, 1.54) is 0 Å². The van der Waals surface area contributed by atoms with Crippen molar-refractivity contribution < 1.29 is 14.2 Å². The van der Waals surface area contributed by atoms with E-state index in [4.69, 9.17) is 19.9 Å². The first-order valence-electron chi connectivity index (χ1n) is 6.56. The van der Waals surface area contributed by atoms with Gasteiger partial charge in [-0.15, -0.1) is 0 Å².